The number of aryl methyl sites for hydroxylation is 1. The number of carbonyl (C=O) groups is 2. The Morgan fingerprint density at radius 3 is 2.79 bits per heavy atom. The summed E-state index contributed by atoms with van der Waals surface area (Å²) in [7, 11) is 1.30. The van der Waals surface area contributed by atoms with Crippen LogP contribution in [0.25, 0.3) is 0 Å². The topological polar surface area (TPSA) is 84.1 Å². The molecule has 0 saturated carbocycles. The minimum atomic E-state index is -0.497. The number of hydrogen-bond donors (Lipinski definition) is 2. The highest BCUT2D eigenvalue weighted by molar-refractivity contribution is 6.07. The van der Waals surface area contributed by atoms with Gasteiger partial charge in [-0.3, -0.25) is 4.79 Å². The molecule has 2 N–H and O–H groups in total. The number of imidazole rings is 1. The molecule has 0 atom stereocenters. The van der Waals surface area contributed by atoms with Gasteiger partial charge in [0.2, 0.25) is 0 Å². The minimum Gasteiger partial charge on any atom is -0.465 e. The van der Waals surface area contributed by atoms with Gasteiger partial charge in [-0.05, 0) is 19.1 Å². The number of anilines is 1. The van der Waals surface area contributed by atoms with E-state index in [9.17, 15) is 9.59 Å². The largest absolute Gasteiger partial charge is 0.465 e. The van der Waals surface area contributed by atoms with E-state index < -0.39 is 5.97 Å². The molecular formula is C13H13N3O3. The molecule has 6 heteroatoms. The predicted octanol–water partition coefficient (Wildman–Crippen LogP) is 1.76. The number of amides is 1. The van der Waals surface area contributed by atoms with E-state index in [0.29, 0.717) is 16.9 Å². The Kier molecular flexibility index (Phi) is 3.61. The Morgan fingerprint density at radius 2 is 2.16 bits per heavy atom. The van der Waals surface area contributed by atoms with Crippen molar-refractivity contribution in [3.63, 3.8) is 0 Å². The van der Waals surface area contributed by atoms with Gasteiger partial charge in [-0.15, -0.1) is 0 Å². The zero-order valence-corrected chi connectivity index (χ0v) is 10.6. The average molecular weight is 259 g/mol. The summed E-state index contributed by atoms with van der Waals surface area (Å²) in [5.74, 6) is -0.866. The van der Waals surface area contributed by atoms with E-state index in [1.54, 1.807) is 18.2 Å². The summed E-state index contributed by atoms with van der Waals surface area (Å²) in [5, 5.41) is 2.64. The number of carbonyl (C=O) groups excluding carboxylic acids is 2. The van der Waals surface area contributed by atoms with Crippen LogP contribution in [0.4, 0.5) is 5.69 Å². The molecule has 98 valence electrons. The summed E-state index contributed by atoms with van der Waals surface area (Å²) >= 11 is 0. The first-order valence-corrected chi connectivity index (χ1v) is 5.60. The van der Waals surface area contributed by atoms with Gasteiger partial charge in [0, 0.05) is 0 Å². The van der Waals surface area contributed by atoms with Crippen molar-refractivity contribution < 1.29 is 14.3 Å². The Morgan fingerprint density at radius 1 is 1.37 bits per heavy atom. The zero-order valence-electron chi connectivity index (χ0n) is 10.6. The Balaban J connectivity index is 2.29. The monoisotopic (exact) mass is 259 g/mol. The van der Waals surface area contributed by atoms with Gasteiger partial charge < -0.3 is 15.0 Å². The third kappa shape index (κ3) is 2.79. The molecule has 0 unspecified atom stereocenters. The molecule has 0 bridgehead atoms. The summed E-state index contributed by atoms with van der Waals surface area (Å²) in [6.45, 7) is 1.85. The molecule has 1 aromatic heterocycles. The van der Waals surface area contributed by atoms with Crippen molar-refractivity contribution in [2.75, 3.05) is 12.4 Å². The second-order valence-electron chi connectivity index (χ2n) is 3.96. The molecule has 0 aliphatic heterocycles. The quantitative estimate of drug-likeness (QED) is 0.822. The van der Waals surface area contributed by atoms with Crippen molar-refractivity contribution in [2.24, 2.45) is 0 Å². The summed E-state index contributed by atoms with van der Waals surface area (Å²) in [6, 6.07) is 5.12. The van der Waals surface area contributed by atoms with Crippen LogP contribution in [-0.2, 0) is 4.74 Å². The molecular weight excluding hydrogens is 246 g/mol. The van der Waals surface area contributed by atoms with Crippen molar-refractivity contribution in [1.82, 2.24) is 9.97 Å². The number of hydrogen-bond acceptors (Lipinski definition) is 4. The van der Waals surface area contributed by atoms with E-state index in [1.807, 2.05) is 6.92 Å². The maximum absolute atomic E-state index is 11.9. The van der Waals surface area contributed by atoms with Crippen LogP contribution in [0.15, 0.2) is 30.7 Å². The molecule has 0 spiro atoms. The molecule has 2 aromatic rings. The first-order valence-electron chi connectivity index (χ1n) is 5.60. The molecule has 1 amide bonds. The second kappa shape index (κ2) is 5.34. The van der Waals surface area contributed by atoms with Crippen LogP contribution in [-0.4, -0.2) is 29.0 Å². The molecule has 0 radical (unpaired) electrons. The Labute approximate surface area is 109 Å². The Bertz CT molecular complexity index is 606. The first kappa shape index (κ1) is 12.8. The molecule has 0 saturated heterocycles. The number of ether oxygens (including phenoxy) is 1. The van der Waals surface area contributed by atoms with Gasteiger partial charge in [-0.2, -0.15) is 0 Å². The van der Waals surface area contributed by atoms with Gasteiger partial charge in [0.1, 0.15) is 5.69 Å². The zero-order chi connectivity index (χ0) is 13.8. The maximum atomic E-state index is 11.9. The van der Waals surface area contributed by atoms with E-state index in [1.165, 1.54) is 19.6 Å². The molecule has 0 fully saturated rings. The van der Waals surface area contributed by atoms with Gasteiger partial charge in [0.15, 0.2) is 0 Å². The summed E-state index contributed by atoms with van der Waals surface area (Å²) < 4.78 is 4.69. The molecule has 0 aliphatic rings. The number of aromatic nitrogens is 2. The predicted molar refractivity (Wildman–Crippen MR) is 69.1 cm³/mol. The summed E-state index contributed by atoms with van der Waals surface area (Å²) in [4.78, 5) is 30.0. The normalized spacial score (nSPS) is 10.0. The van der Waals surface area contributed by atoms with Crippen molar-refractivity contribution in [3.05, 3.63) is 47.5 Å². The fourth-order valence-corrected chi connectivity index (χ4v) is 1.62. The van der Waals surface area contributed by atoms with E-state index in [0.717, 1.165) is 5.56 Å². The van der Waals surface area contributed by atoms with Crippen LogP contribution in [0.3, 0.4) is 0 Å². The lowest BCUT2D eigenvalue weighted by Gasteiger charge is -2.09. The average Bonchev–Trinajstić information content (AvgIpc) is 2.94. The van der Waals surface area contributed by atoms with Gasteiger partial charge >= 0.3 is 5.97 Å². The second-order valence-corrected chi connectivity index (χ2v) is 3.96. The molecule has 1 aromatic carbocycles. The van der Waals surface area contributed by atoms with Crippen LogP contribution >= 0.6 is 0 Å². The third-order valence-electron chi connectivity index (χ3n) is 2.57. The van der Waals surface area contributed by atoms with Gasteiger partial charge in [0.25, 0.3) is 5.91 Å². The first-order chi connectivity index (χ1) is 9.11. The fraction of sp³-hybridized carbons (Fsp3) is 0.154. The van der Waals surface area contributed by atoms with E-state index in [-0.39, 0.29) is 5.91 Å². The van der Waals surface area contributed by atoms with Gasteiger partial charge in [-0.25, -0.2) is 9.78 Å². The Hall–Kier alpha value is -2.63. The van der Waals surface area contributed by atoms with Crippen LogP contribution in [0.1, 0.15) is 26.4 Å². The summed E-state index contributed by atoms with van der Waals surface area (Å²) in [6.07, 6.45) is 2.81. The number of rotatable bonds is 3. The highest BCUT2D eigenvalue weighted by atomic mass is 16.5. The van der Waals surface area contributed by atoms with Crippen molar-refractivity contribution in [1.29, 1.82) is 0 Å². The van der Waals surface area contributed by atoms with Crippen molar-refractivity contribution >= 4 is 17.6 Å². The number of benzene rings is 1. The highest BCUT2D eigenvalue weighted by Crippen LogP contribution is 2.19. The molecule has 0 aliphatic carbocycles. The maximum Gasteiger partial charge on any atom is 0.339 e. The van der Waals surface area contributed by atoms with Gasteiger partial charge in [-0.1, -0.05) is 11.6 Å². The smallest absolute Gasteiger partial charge is 0.339 e. The molecule has 19 heavy (non-hydrogen) atoms. The standard InChI is InChI=1S/C13H13N3O3/c1-8-3-4-10(9(5-8)13(18)19-2)16-12(17)11-6-14-7-15-11/h3-7H,1-2H3,(H,14,15)(H,16,17). The van der Waals surface area contributed by atoms with Crippen LogP contribution in [0.5, 0.6) is 0 Å². The summed E-state index contributed by atoms with van der Waals surface area (Å²) in [5.41, 5.74) is 1.93. The molecule has 6 nitrogen and oxygen atoms in total. The SMILES string of the molecule is COC(=O)c1cc(C)ccc1NC(=O)c1cnc[nH]1. The third-order valence-corrected chi connectivity index (χ3v) is 2.57. The number of H-pyrrole nitrogens is 1. The lowest BCUT2D eigenvalue weighted by Crippen LogP contribution is -2.15. The molecule has 2 rings (SSSR count). The number of esters is 1. The number of methoxy groups -OCH3 is 1. The lowest BCUT2D eigenvalue weighted by molar-refractivity contribution is 0.0602. The van der Waals surface area contributed by atoms with Crippen LogP contribution < -0.4 is 5.32 Å². The molecule has 1 heterocycles. The highest BCUT2D eigenvalue weighted by Gasteiger charge is 2.15. The number of aromatic amines is 1. The minimum absolute atomic E-state index is 0.315. The van der Waals surface area contributed by atoms with Crippen LogP contribution in [0, 0.1) is 6.92 Å². The van der Waals surface area contributed by atoms with Crippen molar-refractivity contribution in [2.45, 2.75) is 6.92 Å². The van der Waals surface area contributed by atoms with E-state index >= 15 is 0 Å². The number of nitrogens with zero attached hydrogens (tertiary/aromatic N) is 1. The number of nitrogens with one attached hydrogen (secondary N) is 2. The fourth-order valence-electron chi connectivity index (χ4n) is 1.62. The van der Waals surface area contributed by atoms with Crippen LogP contribution in [0.2, 0.25) is 0 Å². The van der Waals surface area contributed by atoms with Gasteiger partial charge in [0.05, 0.1) is 30.9 Å². The lowest BCUT2D eigenvalue weighted by atomic mass is 10.1. The van der Waals surface area contributed by atoms with E-state index in [4.69, 9.17) is 4.74 Å². The van der Waals surface area contributed by atoms with Crippen molar-refractivity contribution in [3.8, 4) is 0 Å². The van der Waals surface area contributed by atoms with E-state index in [2.05, 4.69) is 15.3 Å².